The Labute approximate surface area is 245 Å². The van der Waals surface area contributed by atoms with Crippen LogP contribution in [0.1, 0.15) is 24.8 Å². The maximum absolute atomic E-state index is 12.5. The highest BCUT2D eigenvalue weighted by atomic mass is 32.2. The van der Waals surface area contributed by atoms with Gasteiger partial charge < -0.3 is 40.3 Å². The molecule has 0 unspecified atom stereocenters. The Morgan fingerprint density at radius 2 is 1.79 bits per heavy atom. The Morgan fingerprint density at radius 3 is 2.45 bits per heavy atom. The lowest BCUT2D eigenvalue weighted by Gasteiger charge is -2.16. The molecule has 0 amide bonds. The number of hydrogen-bond donors (Lipinski definition) is 5. The number of rotatable bonds is 16. The zero-order valence-corrected chi connectivity index (χ0v) is 24.5. The van der Waals surface area contributed by atoms with Crippen LogP contribution in [-0.4, -0.2) is 69.5 Å². The van der Waals surface area contributed by atoms with Gasteiger partial charge in [-0.05, 0) is 61.2 Å². The van der Waals surface area contributed by atoms with Crippen LogP contribution in [-0.2, 0) is 42.1 Å². The van der Waals surface area contributed by atoms with E-state index in [1.807, 2.05) is 42.6 Å². The molecule has 14 heteroatoms. The van der Waals surface area contributed by atoms with Crippen LogP contribution >= 0.6 is 0 Å². The molecule has 1 heterocycles. The number of hydrogen-bond acceptors (Lipinski definition) is 10. The van der Waals surface area contributed by atoms with Gasteiger partial charge in [-0.3, -0.25) is 5.41 Å². The number of methoxy groups -OCH3 is 1. The zero-order valence-electron chi connectivity index (χ0n) is 23.7. The summed E-state index contributed by atoms with van der Waals surface area (Å²) in [5.41, 5.74) is 13.7. The van der Waals surface area contributed by atoms with Crippen LogP contribution in [0.25, 0.3) is 10.9 Å². The van der Waals surface area contributed by atoms with Crippen molar-refractivity contribution in [3.63, 3.8) is 0 Å². The number of carbonyl (C=O) groups is 2. The van der Waals surface area contributed by atoms with Crippen LogP contribution < -0.4 is 26.3 Å². The number of nitrogens with zero attached hydrogens (tertiary/aromatic N) is 1. The Kier molecular flexibility index (Phi) is 11.7. The molecule has 42 heavy (non-hydrogen) atoms. The molecule has 0 aliphatic carbocycles. The number of fused-ring (bicyclic) bond motifs is 1. The summed E-state index contributed by atoms with van der Waals surface area (Å²) in [5, 5.41) is 14.0. The normalized spacial score (nSPS) is 12.8. The predicted octanol–water partition coefficient (Wildman–Crippen LogP) is 1.70. The number of nitrogens with one attached hydrogen (secondary N) is 3. The lowest BCUT2D eigenvalue weighted by Crippen LogP contribution is -2.38. The van der Waals surface area contributed by atoms with Crippen molar-refractivity contribution in [3.05, 3.63) is 60.3 Å². The molecule has 0 aliphatic heterocycles. The maximum atomic E-state index is 12.5. The summed E-state index contributed by atoms with van der Waals surface area (Å²) in [5.74, 6) is -1.52. The van der Waals surface area contributed by atoms with E-state index < -0.39 is 34.2 Å². The van der Waals surface area contributed by atoms with Crippen molar-refractivity contribution in [2.75, 3.05) is 31.8 Å². The van der Waals surface area contributed by atoms with Crippen LogP contribution in [0.4, 0.5) is 5.69 Å². The van der Waals surface area contributed by atoms with Gasteiger partial charge in [0.05, 0.1) is 6.26 Å². The minimum Gasteiger partial charge on any atom is -0.390 e. The van der Waals surface area contributed by atoms with Gasteiger partial charge >= 0.3 is 22.1 Å². The molecule has 7 N–H and O–H groups in total. The molecule has 0 aliphatic rings. The molecule has 3 rings (SSSR count). The molecule has 0 spiro atoms. The molecule has 2 aromatic carbocycles. The number of aromatic nitrogens is 1. The summed E-state index contributed by atoms with van der Waals surface area (Å²) < 4.78 is 40.0. The SMILES string of the molecule is CO[C@@H](Cc1ccc(NCCCn2ccc3cc(OS(C)(=O)=O)ccc32)cc1)C(=O)OC(=O)[C@@H](N)CCCNC(=N)N. The number of anilines is 1. The summed E-state index contributed by atoms with van der Waals surface area (Å²) in [4.78, 5) is 24.7. The van der Waals surface area contributed by atoms with E-state index in [1.54, 1.807) is 12.1 Å². The Hall–Kier alpha value is -4.14. The van der Waals surface area contributed by atoms with Crippen molar-refractivity contribution in [2.45, 2.75) is 44.4 Å². The molecule has 0 saturated carbocycles. The van der Waals surface area contributed by atoms with Crippen LogP contribution in [0.2, 0.25) is 0 Å². The zero-order chi connectivity index (χ0) is 30.7. The van der Waals surface area contributed by atoms with Crippen LogP contribution in [0, 0.1) is 5.41 Å². The predicted molar refractivity (Wildman–Crippen MR) is 160 cm³/mol. The van der Waals surface area contributed by atoms with E-state index in [9.17, 15) is 18.0 Å². The summed E-state index contributed by atoms with van der Waals surface area (Å²) in [6.07, 6.45) is 3.81. The molecule has 0 bridgehead atoms. The Balaban J connectivity index is 1.42. The fourth-order valence-corrected chi connectivity index (χ4v) is 4.67. The number of ether oxygens (including phenoxy) is 2. The average molecular weight is 603 g/mol. The van der Waals surface area contributed by atoms with Crippen molar-refractivity contribution >= 4 is 44.6 Å². The van der Waals surface area contributed by atoms with Crippen molar-refractivity contribution in [1.82, 2.24) is 9.88 Å². The summed E-state index contributed by atoms with van der Waals surface area (Å²) in [6, 6.07) is 13.7. The van der Waals surface area contributed by atoms with Gasteiger partial charge in [0.1, 0.15) is 11.8 Å². The third-order valence-corrected chi connectivity index (χ3v) is 6.82. The van der Waals surface area contributed by atoms with Gasteiger partial charge in [0.25, 0.3) is 0 Å². The molecule has 0 saturated heterocycles. The van der Waals surface area contributed by atoms with Crippen LogP contribution in [0.3, 0.4) is 0 Å². The van der Waals surface area contributed by atoms with Crippen LogP contribution in [0.5, 0.6) is 5.75 Å². The first-order chi connectivity index (χ1) is 19.9. The van der Waals surface area contributed by atoms with Gasteiger partial charge in [-0.1, -0.05) is 12.1 Å². The molecule has 228 valence electrons. The van der Waals surface area contributed by atoms with E-state index in [1.165, 1.54) is 7.11 Å². The van der Waals surface area contributed by atoms with Gasteiger partial charge in [0.2, 0.25) is 0 Å². The summed E-state index contributed by atoms with van der Waals surface area (Å²) in [7, 11) is -2.21. The van der Waals surface area contributed by atoms with Gasteiger partial charge in [-0.2, -0.15) is 8.42 Å². The fraction of sp³-hybridized carbons (Fsp3) is 0.393. The smallest absolute Gasteiger partial charge is 0.343 e. The molecule has 1 aromatic heterocycles. The first-order valence-corrected chi connectivity index (χ1v) is 15.2. The third-order valence-electron chi connectivity index (χ3n) is 6.33. The minimum absolute atomic E-state index is 0.169. The van der Waals surface area contributed by atoms with Crippen molar-refractivity contribution in [1.29, 1.82) is 5.41 Å². The number of aryl methyl sites for hydroxylation is 1. The van der Waals surface area contributed by atoms with Gasteiger partial charge in [-0.25, -0.2) is 9.59 Å². The first kappa shape index (κ1) is 32.4. The fourth-order valence-electron chi connectivity index (χ4n) is 4.22. The van der Waals surface area contributed by atoms with Crippen molar-refractivity contribution in [2.24, 2.45) is 11.5 Å². The van der Waals surface area contributed by atoms with Gasteiger partial charge in [0, 0.05) is 56.0 Å². The largest absolute Gasteiger partial charge is 0.390 e. The maximum Gasteiger partial charge on any atom is 0.343 e. The van der Waals surface area contributed by atoms with Crippen molar-refractivity contribution in [3.8, 4) is 5.75 Å². The molecule has 2 atom stereocenters. The van der Waals surface area contributed by atoms with E-state index >= 15 is 0 Å². The van der Waals surface area contributed by atoms with E-state index in [0.29, 0.717) is 19.5 Å². The molecular formula is C28H38N6O7S. The number of nitrogens with two attached hydrogens (primary N) is 2. The topological polar surface area (TPSA) is 201 Å². The number of guanidine groups is 1. The first-order valence-electron chi connectivity index (χ1n) is 13.4. The lowest BCUT2D eigenvalue weighted by atomic mass is 10.1. The van der Waals surface area contributed by atoms with Crippen molar-refractivity contribution < 1.29 is 31.7 Å². The van der Waals surface area contributed by atoms with E-state index in [4.69, 9.17) is 30.5 Å². The third kappa shape index (κ3) is 10.4. The molecule has 0 radical (unpaired) electrons. The minimum atomic E-state index is -3.58. The van der Waals surface area contributed by atoms with E-state index in [2.05, 4.69) is 15.2 Å². The number of carbonyl (C=O) groups excluding carboxylic acids is 2. The van der Waals surface area contributed by atoms with Crippen LogP contribution in [0.15, 0.2) is 54.7 Å². The Bertz CT molecular complexity index is 1470. The van der Waals surface area contributed by atoms with E-state index in [-0.39, 0.29) is 24.6 Å². The average Bonchev–Trinajstić information content (AvgIpc) is 3.33. The lowest BCUT2D eigenvalue weighted by molar-refractivity contribution is -0.167. The highest BCUT2D eigenvalue weighted by molar-refractivity contribution is 7.86. The second-order valence-corrected chi connectivity index (χ2v) is 11.3. The van der Waals surface area contributed by atoms with E-state index in [0.717, 1.165) is 41.4 Å². The molecule has 13 nitrogen and oxygen atoms in total. The second-order valence-electron chi connectivity index (χ2n) is 9.75. The molecular weight excluding hydrogens is 564 g/mol. The Morgan fingerprint density at radius 1 is 1.05 bits per heavy atom. The summed E-state index contributed by atoms with van der Waals surface area (Å²) in [6.45, 7) is 1.86. The number of esters is 2. The highest BCUT2D eigenvalue weighted by Gasteiger charge is 2.25. The van der Waals surface area contributed by atoms with Gasteiger partial charge in [0.15, 0.2) is 12.1 Å². The quantitative estimate of drug-likeness (QED) is 0.0399. The molecule has 3 aromatic rings. The monoisotopic (exact) mass is 602 g/mol. The summed E-state index contributed by atoms with van der Waals surface area (Å²) >= 11 is 0. The highest BCUT2D eigenvalue weighted by Crippen LogP contribution is 2.23. The molecule has 0 fully saturated rings. The van der Waals surface area contributed by atoms with Gasteiger partial charge in [-0.15, -0.1) is 0 Å². The second kappa shape index (κ2) is 15.2. The standard InChI is InChI=1S/C28H38N6O7S/c1-39-25(27(36)40-26(35)23(29)5-3-13-33-28(30)31)17-19-6-8-21(9-7-19)32-14-4-15-34-16-12-20-18-22(10-11-24(20)34)41-42(2,37)38/h6-12,16,18,23,25,32H,3-5,13-15,17,29H2,1-2H3,(H4,30,31,33)/t23-,25-/m0/s1. The number of benzene rings is 2.